The summed E-state index contributed by atoms with van der Waals surface area (Å²) in [5.41, 5.74) is 0.916. The van der Waals surface area contributed by atoms with Crippen LogP contribution >= 0.6 is 0 Å². The van der Waals surface area contributed by atoms with E-state index in [1.165, 1.54) is 17.2 Å². The third kappa shape index (κ3) is 4.90. The molecular weight excluding hydrogens is 512 g/mol. The lowest BCUT2D eigenvalue weighted by Gasteiger charge is -2.29. The number of ether oxygens (including phenoxy) is 4. The van der Waals surface area contributed by atoms with E-state index < -0.39 is 30.6 Å². The van der Waals surface area contributed by atoms with Gasteiger partial charge in [0.1, 0.15) is 31.2 Å². The Morgan fingerprint density at radius 3 is 2.77 bits per heavy atom. The highest BCUT2D eigenvalue weighted by molar-refractivity contribution is 5.83. The van der Waals surface area contributed by atoms with E-state index in [0.29, 0.717) is 30.2 Å². The van der Waals surface area contributed by atoms with E-state index in [9.17, 15) is 19.8 Å². The molecule has 1 amide bonds. The molecule has 6 rings (SSSR count). The van der Waals surface area contributed by atoms with E-state index in [2.05, 4.69) is 25.6 Å². The van der Waals surface area contributed by atoms with Gasteiger partial charge in [0.15, 0.2) is 23.2 Å². The van der Waals surface area contributed by atoms with Crippen molar-refractivity contribution in [3.63, 3.8) is 0 Å². The monoisotopic (exact) mass is 546 g/mol. The Kier molecular flexibility index (Phi) is 7.27. The molecular formula is C25H34N6O8. The number of hydrogen-bond donors (Lipinski definition) is 4. The number of fused-ring (bicyclic) bond motifs is 3. The number of carbonyl (C=O) groups excluding carboxylic acids is 2. The van der Waals surface area contributed by atoms with Gasteiger partial charge in [-0.2, -0.15) is 0 Å². The van der Waals surface area contributed by atoms with Gasteiger partial charge in [0.05, 0.1) is 31.5 Å². The molecule has 2 aliphatic carbocycles. The van der Waals surface area contributed by atoms with Crippen LogP contribution in [0.2, 0.25) is 0 Å². The van der Waals surface area contributed by atoms with Crippen LogP contribution in [0.4, 0.5) is 10.6 Å². The molecule has 4 heterocycles. The fourth-order valence-corrected chi connectivity index (χ4v) is 6.49. The quantitative estimate of drug-likeness (QED) is 0.334. The first kappa shape index (κ1) is 26.2. The summed E-state index contributed by atoms with van der Waals surface area (Å²) in [4.78, 5) is 38.2. The molecule has 0 spiro atoms. The fraction of sp³-hybridized carbons (Fsp3) is 0.720. The minimum Gasteiger partial charge on any atom is -0.466 e. The number of esters is 1. The van der Waals surface area contributed by atoms with Crippen LogP contribution in [-0.4, -0.2) is 98.6 Å². The van der Waals surface area contributed by atoms with Gasteiger partial charge in [0.2, 0.25) is 0 Å². The van der Waals surface area contributed by atoms with Crippen molar-refractivity contribution in [3.8, 4) is 0 Å². The maximum Gasteiger partial charge on any atom is 0.407 e. The predicted molar refractivity (Wildman–Crippen MR) is 133 cm³/mol. The number of amides is 1. The molecule has 212 valence electrons. The highest BCUT2D eigenvalue weighted by Gasteiger charge is 2.52. The smallest absolute Gasteiger partial charge is 0.407 e. The van der Waals surface area contributed by atoms with Gasteiger partial charge in [-0.05, 0) is 44.4 Å². The van der Waals surface area contributed by atoms with Crippen molar-refractivity contribution < 1.29 is 38.7 Å². The lowest BCUT2D eigenvalue weighted by Crippen LogP contribution is -2.48. The van der Waals surface area contributed by atoms with E-state index in [4.69, 9.17) is 18.9 Å². The Balaban J connectivity index is 1.09. The first-order chi connectivity index (χ1) is 18.9. The molecule has 2 saturated heterocycles. The van der Waals surface area contributed by atoms with Gasteiger partial charge in [0.25, 0.3) is 0 Å². The van der Waals surface area contributed by atoms with E-state index in [1.807, 2.05) is 0 Å². The molecule has 4 aliphatic rings. The lowest BCUT2D eigenvalue weighted by molar-refractivity contribution is -0.150. The Morgan fingerprint density at radius 1 is 1.13 bits per heavy atom. The Hall–Kier alpha value is -3.07. The van der Waals surface area contributed by atoms with Crippen LogP contribution in [0.1, 0.15) is 38.8 Å². The summed E-state index contributed by atoms with van der Waals surface area (Å²) in [6.45, 7) is 3.01. The summed E-state index contributed by atoms with van der Waals surface area (Å²) in [5, 5.41) is 27.6. The summed E-state index contributed by atoms with van der Waals surface area (Å²) in [6.07, 6.45) is 1.16. The SMILES string of the molecule is CCOC(=O)C1C2CCC(C2)C1NC(=O)OCC1OC(n2cnc3c(N[C@@H]4CCOC4)ncnc32)C(O)C1O. The van der Waals surface area contributed by atoms with Crippen LogP contribution in [0, 0.1) is 17.8 Å². The average Bonchev–Trinajstić information content (AvgIpc) is 3.75. The molecule has 2 saturated carbocycles. The van der Waals surface area contributed by atoms with E-state index in [0.717, 1.165) is 25.7 Å². The topological polar surface area (TPSA) is 179 Å². The van der Waals surface area contributed by atoms with Crippen LogP contribution in [0.15, 0.2) is 12.7 Å². The van der Waals surface area contributed by atoms with Crippen molar-refractivity contribution in [1.82, 2.24) is 24.8 Å². The number of aromatic nitrogens is 4. The van der Waals surface area contributed by atoms with Crippen molar-refractivity contribution in [2.45, 2.75) is 69.2 Å². The number of hydrogen-bond acceptors (Lipinski definition) is 12. The van der Waals surface area contributed by atoms with Gasteiger partial charge in [-0.15, -0.1) is 0 Å². The summed E-state index contributed by atoms with van der Waals surface area (Å²) in [6, 6.07) is -0.235. The normalized spacial score (nSPS) is 35.4. The number of rotatable bonds is 8. The fourth-order valence-electron chi connectivity index (χ4n) is 6.49. The Morgan fingerprint density at radius 2 is 1.97 bits per heavy atom. The zero-order valence-corrected chi connectivity index (χ0v) is 21.6. The number of alkyl carbamates (subject to hydrolysis) is 1. The lowest BCUT2D eigenvalue weighted by atomic mass is 9.84. The first-order valence-electron chi connectivity index (χ1n) is 13.6. The van der Waals surface area contributed by atoms with Gasteiger partial charge in [0, 0.05) is 12.6 Å². The van der Waals surface area contributed by atoms with Crippen LogP contribution in [0.25, 0.3) is 11.2 Å². The molecule has 0 radical (unpaired) electrons. The molecule has 14 heteroatoms. The molecule has 9 atom stereocenters. The van der Waals surface area contributed by atoms with Crippen LogP contribution in [0.3, 0.4) is 0 Å². The average molecular weight is 547 g/mol. The Labute approximate surface area is 224 Å². The van der Waals surface area contributed by atoms with Gasteiger partial charge in [-0.3, -0.25) is 9.36 Å². The molecule has 4 fully saturated rings. The maximum absolute atomic E-state index is 12.7. The van der Waals surface area contributed by atoms with Crippen molar-refractivity contribution in [3.05, 3.63) is 12.7 Å². The highest BCUT2D eigenvalue weighted by atomic mass is 16.6. The van der Waals surface area contributed by atoms with E-state index in [1.54, 1.807) is 6.92 Å². The van der Waals surface area contributed by atoms with Crippen LogP contribution < -0.4 is 10.6 Å². The van der Waals surface area contributed by atoms with Crippen molar-refractivity contribution in [2.75, 3.05) is 31.7 Å². The minimum absolute atomic E-state index is 0.114. The second-order valence-corrected chi connectivity index (χ2v) is 10.7. The van der Waals surface area contributed by atoms with E-state index >= 15 is 0 Å². The molecule has 14 nitrogen and oxygen atoms in total. The summed E-state index contributed by atoms with van der Waals surface area (Å²) in [7, 11) is 0. The third-order valence-corrected chi connectivity index (χ3v) is 8.38. The standard InChI is InChI=1S/C25H34N6O8/c1-2-37-24(34)16-12-3-4-13(7-12)17(16)30-25(35)38-9-15-19(32)20(33)23(39-15)31-11-28-18-21(26-10-27-22(18)31)29-14-5-6-36-8-14/h10-17,19-20,23,32-33H,2-9H2,1H3,(H,30,35)(H,26,27,29)/t12?,13?,14-,15?,16?,17?,19?,20?,23?/m1/s1. The van der Waals surface area contributed by atoms with Gasteiger partial charge in [-0.25, -0.2) is 19.7 Å². The molecule has 2 bridgehead atoms. The number of nitrogens with one attached hydrogen (secondary N) is 2. The number of carbonyl (C=O) groups is 2. The van der Waals surface area contributed by atoms with Crippen molar-refractivity contribution in [1.29, 1.82) is 0 Å². The van der Waals surface area contributed by atoms with Crippen LogP contribution in [0.5, 0.6) is 0 Å². The number of nitrogens with zero attached hydrogens (tertiary/aromatic N) is 4. The third-order valence-electron chi connectivity index (χ3n) is 8.38. The molecule has 2 aliphatic heterocycles. The van der Waals surface area contributed by atoms with Gasteiger partial charge < -0.3 is 39.8 Å². The number of imidazole rings is 1. The molecule has 39 heavy (non-hydrogen) atoms. The molecule has 2 aromatic rings. The Bertz CT molecular complexity index is 1200. The number of anilines is 1. The molecule has 4 N–H and O–H groups in total. The van der Waals surface area contributed by atoms with Crippen molar-refractivity contribution in [2.24, 2.45) is 17.8 Å². The van der Waals surface area contributed by atoms with Crippen LogP contribution in [-0.2, 0) is 23.7 Å². The minimum atomic E-state index is -1.31. The second-order valence-electron chi connectivity index (χ2n) is 10.7. The molecule has 2 aromatic heterocycles. The second kappa shape index (κ2) is 10.8. The summed E-state index contributed by atoms with van der Waals surface area (Å²) in [5.74, 6) is 0.273. The predicted octanol–water partition coefficient (Wildman–Crippen LogP) is 0.350. The van der Waals surface area contributed by atoms with E-state index in [-0.39, 0.29) is 49.0 Å². The first-order valence-corrected chi connectivity index (χ1v) is 13.6. The molecule has 8 unspecified atom stereocenters. The zero-order valence-electron chi connectivity index (χ0n) is 21.6. The highest BCUT2D eigenvalue weighted by Crippen LogP contribution is 2.49. The number of aliphatic hydroxyl groups is 2. The van der Waals surface area contributed by atoms with Crippen molar-refractivity contribution >= 4 is 29.0 Å². The largest absolute Gasteiger partial charge is 0.466 e. The zero-order chi connectivity index (χ0) is 27.1. The van der Waals surface area contributed by atoms with Gasteiger partial charge >= 0.3 is 12.1 Å². The maximum atomic E-state index is 12.7. The number of aliphatic hydroxyl groups excluding tert-OH is 2. The molecule has 0 aromatic carbocycles. The summed E-state index contributed by atoms with van der Waals surface area (Å²) < 4.78 is 23.5. The summed E-state index contributed by atoms with van der Waals surface area (Å²) >= 11 is 0. The van der Waals surface area contributed by atoms with Gasteiger partial charge in [-0.1, -0.05) is 0 Å².